The highest BCUT2D eigenvalue weighted by Gasteiger charge is 2.03. The summed E-state index contributed by atoms with van der Waals surface area (Å²) < 4.78 is 28.4. The number of halogens is 2. The Balaban J connectivity index is 2.38. The molecule has 0 unspecified atom stereocenters. The van der Waals surface area contributed by atoms with Crippen LogP contribution in [0.25, 0.3) is 0 Å². The van der Waals surface area contributed by atoms with Crippen molar-refractivity contribution in [1.82, 2.24) is 9.97 Å². The highest BCUT2D eigenvalue weighted by Crippen LogP contribution is 2.10. The Bertz CT molecular complexity index is 377. The van der Waals surface area contributed by atoms with Gasteiger partial charge in [0.05, 0.1) is 6.61 Å². The van der Waals surface area contributed by atoms with Crippen LogP contribution in [0.5, 0.6) is 0 Å². The molecule has 1 rings (SSSR count). The van der Waals surface area contributed by atoms with Crippen molar-refractivity contribution in [3.8, 4) is 0 Å². The topological polar surface area (TPSA) is 59.1 Å². The fourth-order valence-corrected chi connectivity index (χ4v) is 1.43. The predicted molar refractivity (Wildman–Crippen MR) is 70.9 cm³/mol. The van der Waals surface area contributed by atoms with E-state index in [1.807, 2.05) is 0 Å². The molecule has 0 saturated heterocycles. The number of aryl methyl sites for hydroxylation is 1. The van der Waals surface area contributed by atoms with E-state index in [1.165, 1.54) is 0 Å². The van der Waals surface area contributed by atoms with Crippen molar-refractivity contribution in [3.63, 3.8) is 0 Å². The monoisotopic (exact) mass is 274 g/mol. The van der Waals surface area contributed by atoms with Gasteiger partial charge in [0.2, 0.25) is 0 Å². The SMILES string of the molecule is CCCNc1cc(NCCOCC(F)F)nc(C)n1. The standard InChI is InChI=1S/C12H20F2N4O/c1-3-4-15-11-7-12(18-9(2)17-11)16-5-6-19-8-10(13)14/h7,10H,3-6,8H2,1-2H3,(H2,15,16,17,18). The van der Waals surface area contributed by atoms with Gasteiger partial charge >= 0.3 is 0 Å². The van der Waals surface area contributed by atoms with E-state index in [2.05, 4.69) is 27.5 Å². The number of rotatable bonds is 9. The molecule has 7 heteroatoms. The molecule has 0 atom stereocenters. The first-order chi connectivity index (χ1) is 9.11. The van der Waals surface area contributed by atoms with Gasteiger partial charge in [-0.15, -0.1) is 0 Å². The van der Waals surface area contributed by atoms with Crippen LogP contribution >= 0.6 is 0 Å². The van der Waals surface area contributed by atoms with Crippen molar-refractivity contribution >= 4 is 11.6 Å². The third-order valence-corrected chi connectivity index (χ3v) is 2.19. The fraction of sp³-hybridized carbons (Fsp3) is 0.667. The van der Waals surface area contributed by atoms with Gasteiger partial charge in [-0.3, -0.25) is 0 Å². The molecular weight excluding hydrogens is 254 g/mol. The molecule has 108 valence electrons. The van der Waals surface area contributed by atoms with Gasteiger partial charge in [0.25, 0.3) is 6.43 Å². The summed E-state index contributed by atoms with van der Waals surface area (Å²) in [5.41, 5.74) is 0. The van der Waals surface area contributed by atoms with E-state index in [0.29, 0.717) is 18.2 Å². The molecule has 1 aromatic rings. The number of nitrogens with zero attached hydrogens (tertiary/aromatic N) is 2. The van der Waals surface area contributed by atoms with Gasteiger partial charge in [-0.05, 0) is 13.3 Å². The van der Waals surface area contributed by atoms with E-state index >= 15 is 0 Å². The van der Waals surface area contributed by atoms with E-state index in [0.717, 1.165) is 18.8 Å². The molecule has 0 spiro atoms. The Morgan fingerprint density at radius 2 is 1.84 bits per heavy atom. The number of hydrogen-bond acceptors (Lipinski definition) is 5. The van der Waals surface area contributed by atoms with Crippen LogP contribution in [-0.4, -0.2) is 42.7 Å². The summed E-state index contributed by atoms with van der Waals surface area (Å²) in [6, 6.07) is 1.79. The lowest BCUT2D eigenvalue weighted by atomic mass is 10.4. The minimum absolute atomic E-state index is 0.213. The third kappa shape index (κ3) is 6.85. The van der Waals surface area contributed by atoms with Crippen LogP contribution in [0.3, 0.4) is 0 Å². The normalized spacial score (nSPS) is 10.8. The summed E-state index contributed by atoms with van der Waals surface area (Å²) in [5.74, 6) is 2.06. The molecule has 0 fully saturated rings. The van der Waals surface area contributed by atoms with Crippen molar-refractivity contribution in [3.05, 3.63) is 11.9 Å². The average Bonchev–Trinajstić information content (AvgIpc) is 2.35. The molecule has 1 heterocycles. The lowest BCUT2D eigenvalue weighted by Crippen LogP contribution is -2.14. The first kappa shape index (κ1) is 15.6. The van der Waals surface area contributed by atoms with Crippen molar-refractivity contribution < 1.29 is 13.5 Å². The number of ether oxygens (including phenoxy) is 1. The lowest BCUT2D eigenvalue weighted by molar-refractivity contribution is 0.0215. The Morgan fingerprint density at radius 3 is 2.42 bits per heavy atom. The van der Waals surface area contributed by atoms with E-state index in [9.17, 15) is 8.78 Å². The average molecular weight is 274 g/mol. The molecule has 0 aromatic carbocycles. The van der Waals surface area contributed by atoms with E-state index < -0.39 is 13.0 Å². The number of nitrogens with one attached hydrogen (secondary N) is 2. The van der Waals surface area contributed by atoms with Crippen LogP contribution < -0.4 is 10.6 Å². The van der Waals surface area contributed by atoms with Crippen molar-refractivity contribution in [2.75, 3.05) is 36.9 Å². The quantitative estimate of drug-likeness (QED) is 0.677. The van der Waals surface area contributed by atoms with Gasteiger partial charge in [-0.2, -0.15) is 0 Å². The molecule has 0 radical (unpaired) electrons. The number of hydrogen-bond donors (Lipinski definition) is 2. The predicted octanol–water partition coefficient (Wildman–Crippen LogP) is 2.30. The maximum atomic E-state index is 11.8. The Kier molecular flexibility index (Phi) is 7.02. The minimum Gasteiger partial charge on any atom is -0.374 e. The van der Waals surface area contributed by atoms with Gasteiger partial charge in [-0.25, -0.2) is 18.7 Å². The van der Waals surface area contributed by atoms with E-state index in [-0.39, 0.29) is 6.61 Å². The molecule has 0 bridgehead atoms. The summed E-state index contributed by atoms with van der Waals surface area (Å²) in [4.78, 5) is 8.46. The zero-order chi connectivity index (χ0) is 14.1. The van der Waals surface area contributed by atoms with Gasteiger partial charge < -0.3 is 15.4 Å². The molecule has 0 saturated carbocycles. The Morgan fingerprint density at radius 1 is 1.21 bits per heavy atom. The summed E-state index contributed by atoms with van der Waals surface area (Å²) in [7, 11) is 0. The first-order valence-electron chi connectivity index (χ1n) is 6.31. The zero-order valence-corrected chi connectivity index (χ0v) is 11.2. The van der Waals surface area contributed by atoms with Crippen molar-refractivity contribution in [2.24, 2.45) is 0 Å². The van der Waals surface area contributed by atoms with Gasteiger partial charge in [0.1, 0.15) is 24.1 Å². The fourth-order valence-electron chi connectivity index (χ4n) is 1.43. The molecular formula is C12H20F2N4O. The van der Waals surface area contributed by atoms with Gasteiger partial charge in [-0.1, -0.05) is 6.92 Å². The summed E-state index contributed by atoms with van der Waals surface area (Å²) in [5, 5.41) is 6.19. The third-order valence-electron chi connectivity index (χ3n) is 2.19. The van der Waals surface area contributed by atoms with Gasteiger partial charge in [0.15, 0.2) is 0 Å². The molecule has 5 nitrogen and oxygen atoms in total. The van der Waals surface area contributed by atoms with Crippen LogP contribution in [0.2, 0.25) is 0 Å². The summed E-state index contributed by atoms with van der Waals surface area (Å²) >= 11 is 0. The van der Waals surface area contributed by atoms with Crippen LogP contribution in [0.15, 0.2) is 6.07 Å². The molecule has 2 N–H and O–H groups in total. The number of aromatic nitrogens is 2. The Hall–Kier alpha value is -1.50. The van der Waals surface area contributed by atoms with Crippen molar-refractivity contribution in [1.29, 1.82) is 0 Å². The van der Waals surface area contributed by atoms with Crippen LogP contribution in [-0.2, 0) is 4.74 Å². The highest BCUT2D eigenvalue weighted by atomic mass is 19.3. The zero-order valence-electron chi connectivity index (χ0n) is 11.2. The second kappa shape index (κ2) is 8.58. The summed E-state index contributed by atoms with van der Waals surface area (Å²) in [6.07, 6.45) is -1.42. The molecule has 19 heavy (non-hydrogen) atoms. The molecule has 1 aromatic heterocycles. The number of anilines is 2. The first-order valence-corrected chi connectivity index (χ1v) is 6.31. The summed E-state index contributed by atoms with van der Waals surface area (Å²) in [6.45, 7) is 4.82. The van der Waals surface area contributed by atoms with Crippen molar-refractivity contribution in [2.45, 2.75) is 26.7 Å². The van der Waals surface area contributed by atoms with Crippen LogP contribution in [0, 0.1) is 6.92 Å². The van der Waals surface area contributed by atoms with E-state index in [1.54, 1.807) is 13.0 Å². The van der Waals surface area contributed by atoms with Crippen LogP contribution in [0.4, 0.5) is 20.4 Å². The van der Waals surface area contributed by atoms with Crippen LogP contribution in [0.1, 0.15) is 19.2 Å². The second-order valence-electron chi connectivity index (χ2n) is 4.01. The maximum absolute atomic E-state index is 11.8. The molecule has 0 aliphatic carbocycles. The molecule has 0 amide bonds. The highest BCUT2D eigenvalue weighted by molar-refractivity contribution is 5.47. The number of alkyl halides is 2. The largest absolute Gasteiger partial charge is 0.374 e. The molecule has 0 aliphatic heterocycles. The van der Waals surface area contributed by atoms with Gasteiger partial charge in [0, 0.05) is 19.2 Å². The van der Waals surface area contributed by atoms with E-state index in [4.69, 9.17) is 4.74 Å². The lowest BCUT2D eigenvalue weighted by Gasteiger charge is -2.10. The Labute approximate surface area is 111 Å². The smallest absolute Gasteiger partial charge is 0.261 e. The second-order valence-corrected chi connectivity index (χ2v) is 4.01. The maximum Gasteiger partial charge on any atom is 0.261 e. The minimum atomic E-state index is -2.42. The molecule has 0 aliphatic rings.